The van der Waals surface area contributed by atoms with Gasteiger partial charge in [0.2, 0.25) is 11.5 Å². The number of phenolic OH excluding ortho intramolecular Hbond substituents is 4. The molecule has 1 rings (SSSR count). The van der Waals surface area contributed by atoms with Crippen molar-refractivity contribution in [2.45, 2.75) is 0 Å². The first-order valence-corrected chi connectivity index (χ1v) is 2.84. The van der Waals surface area contributed by atoms with Crippen molar-refractivity contribution in [2.75, 3.05) is 0 Å². The van der Waals surface area contributed by atoms with E-state index in [-0.39, 0.29) is 0 Å². The zero-order valence-electron chi connectivity index (χ0n) is 6.06. The third kappa shape index (κ3) is 1.79. The van der Waals surface area contributed by atoms with Crippen LogP contribution in [0.4, 0.5) is 0 Å². The van der Waals surface area contributed by atoms with Crippen LogP contribution in [0.25, 0.3) is 0 Å². The molecule has 66 valence electrons. The Hall–Kier alpha value is -1.91. The van der Waals surface area contributed by atoms with Gasteiger partial charge in [-0.2, -0.15) is 0 Å². The highest BCUT2D eigenvalue weighted by molar-refractivity contribution is 5.55. The van der Waals surface area contributed by atoms with Gasteiger partial charge in [0.15, 0.2) is 11.5 Å². The Bertz CT molecular complexity index is 244. The Labute approximate surface area is 68.1 Å². The molecule has 0 saturated carbocycles. The number of hydrogen-bond acceptors (Lipinski definition) is 5. The number of carbonyl (C=O) groups excluding carboxylic acids is 1. The Morgan fingerprint density at radius 1 is 0.833 bits per heavy atom. The minimum atomic E-state index is -0.708. The first-order valence-electron chi connectivity index (χ1n) is 2.84. The third-order valence-corrected chi connectivity index (χ3v) is 1.11. The van der Waals surface area contributed by atoms with E-state index in [2.05, 4.69) is 0 Å². The third-order valence-electron chi connectivity index (χ3n) is 1.11. The first-order chi connectivity index (χ1) is 5.63. The van der Waals surface area contributed by atoms with Crippen LogP contribution in [-0.4, -0.2) is 27.2 Å². The number of phenols is 4. The molecule has 0 amide bonds. The lowest BCUT2D eigenvalue weighted by Gasteiger charge is -2.00. The summed E-state index contributed by atoms with van der Waals surface area (Å²) in [7, 11) is 0. The topological polar surface area (TPSA) is 98.0 Å². The molecule has 0 aliphatic carbocycles. The van der Waals surface area contributed by atoms with Gasteiger partial charge in [-0.15, -0.1) is 0 Å². The maximum atomic E-state index is 8.73. The molecule has 0 aliphatic rings. The van der Waals surface area contributed by atoms with E-state index in [0.29, 0.717) is 0 Å². The average Bonchev–Trinajstić information content (AvgIpc) is 2.12. The molecule has 0 saturated heterocycles. The summed E-state index contributed by atoms with van der Waals surface area (Å²) in [6, 6.07) is 2.15. The molecule has 0 unspecified atom stereocenters. The zero-order chi connectivity index (χ0) is 9.72. The van der Waals surface area contributed by atoms with Crippen LogP contribution < -0.4 is 0 Å². The molecule has 5 nitrogen and oxygen atoms in total. The molecule has 1 aromatic rings. The molecule has 0 aromatic heterocycles. The summed E-state index contributed by atoms with van der Waals surface area (Å²) in [5.74, 6) is -2.34. The highest BCUT2D eigenvalue weighted by Gasteiger charge is 2.08. The van der Waals surface area contributed by atoms with Crippen molar-refractivity contribution in [2.24, 2.45) is 0 Å². The Balaban J connectivity index is 0.000000561. The van der Waals surface area contributed by atoms with Gasteiger partial charge in [-0.05, 0) is 12.1 Å². The largest absolute Gasteiger partial charge is 0.504 e. The fraction of sp³-hybridized carbons (Fsp3) is 0. The highest BCUT2D eigenvalue weighted by atomic mass is 16.3. The minimum absolute atomic E-state index is 0.463. The van der Waals surface area contributed by atoms with Crippen molar-refractivity contribution in [1.29, 1.82) is 0 Å². The van der Waals surface area contributed by atoms with Gasteiger partial charge in [-0.25, -0.2) is 0 Å². The predicted molar refractivity (Wildman–Crippen MR) is 40.2 cm³/mol. The molecule has 1 aromatic carbocycles. The number of aromatic hydroxyl groups is 4. The monoisotopic (exact) mass is 172 g/mol. The summed E-state index contributed by atoms with van der Waals surface area (Å²) in [5.41, 5.74) is 0. The first kappa shape index (κ1) is 10.1. The second-order valence-electron chi connectivity index (χ2n) is 1.80. The Kier molecular flexibility index (Phi) is 3.42. The predicted octanol–water partition coefficient (Wildman–Crippen LogP) is 0.324. The van der Waals surface area contributed by atoms with Crippen LogP contribution in [-0.2, 0) is 4.79 Å². The molecule has 0 aliphatic heterocycles. The second-order valence-corrected chi connectivity index (χ2v) is 1.80. The maximum absolute atomic E-state index is 8.73. The number of benzene rings is 1. The van der Waals surface area contributed by atoms with Gasteiger partial charge < -0.3 is 25.2 Å². The number of rotatable bonds is 0. The van der Waals surface area contributed by atoms with Crippen molar-refractivity contribution >= 4 is 6.79 Å². The fourth-order valence-corrected chi connectivity index (χ4v) is 0.558. The number of carbonyl (C=O) groups is 1. The van der Waals surface area contributed by atoms with E-state index < -0.39 is 23.0 Å². The van der Waals surface area contributed by atoms with Crippen LogP contribution in [0.3, 0.4) is 0 Å². The Morgan fingerprint density at radius 3 is 1.33 bits per heavy atom. The van der Waals surface area contributed by atoms with Crippen molar-refractivity contribution in [3.8, 4) is 23.0 Å². The van der Waals surface area contributed by atoms with Gasteiger partial charge in [0.25, 0.3) is 0 Å². The smallest absolute Gasteiger partial charge is 0.204 e. The summed E-state index contributed by atoms with van der Waals surface area (Å²) >= 11 is 0. The second kappa shape index (κ2) is 4.07. The van der Waals surface area contributed by atoms with E-state index in [9.17, 15) is 0 Å². The quantitative estimate of drug-likeness (QED) is 0.334. The van der Waals surface area contributed by atoms with Crippen molar-refractivity contribution in [1.82, 2.24) is 0 Å². The van der Waals surface area contributed by atoms with Crippen molar-refractivity contribution in [3.63, 3.8) is 0 Å². The minimum Gasteiger partial charge on any atom is -0.504 e. The molecular weight excluding hydrogens is 164 g/mol. The molecule has 4 N–H and O–H groups in total. The average molecular weight is 172 g/mol. The van der Waals surface area contributed by atoms with Gasteiger partial charge in [0, 0.05) is 0 Å². The molecular formula is C7H8O5. The summed E-state index contributed by atoms with van der Waals surface area (Å²) in [6.07, 6.45) is 0. The van der Waals surface area contributed by atoms with Crippen LogP contribution >= 0.6 is 0 Å². The van der Waals surface area contributed by atoms with E-state index >= 15 is 0 Å². The normalized spacial score (nSPS) is 8.33. The van der Waals surface area contributed by atoms with E-state index in [1.807, 2.05) is 6.79 Å². The van der Waals surface area contributed by atoms with Crippen LogP contribution in [0.1, 0.15) is 0 Å². The molecule has 0 atom stereocenters. The summed E-state index contributed by atoms with van der Waals surface area (Å²) in [5, 5.41) is 34.9. The molecule has 0 spiro atoms. The summed E-state index contributed by atoms with van der Waals surface area (Å²) in [6.45, 7) is 2.00. The van der Waals surface area contributed by atoms with Crippen LogP contribution in [0, 0.1) is 0 Å². The van der Waals surface area contributed by atoms with E-state index in [1.165, 1.54) is 0 Å². The lowest BCUT2D eigenvalue weighted by molar-refractivity contribution is -0.0979. The molecule has 12 heavy (non-hydrogen) atoms. The van der Waals surface area contributed by atoms with Crippen LogP contribution in [0.5, 0.6) is 23.0 Å². The van der Waals surface area contributed by atoms with E-state index in [1.54, 1.807) is 0 Å². The van der Waals surface area contributed by atoms with E-state index in [0.717, 1.165) is 12.1 Å². The fourth-order valence-electron chi connectivity index (χ4n) is 0.558. The van der Waals surface area contributed by atoms with Gasteiger partial charge in [-0.3, -0.25) is 0 Å². The molecule has 0 bridgehead atoms. The lowest BCUT2D eigenvalue weighted by atomic mass is 10.3. The highest BCUT2D eigenvalue weighted by Crippen LogP contribution is 2.40. The zero-order valence-corrected chi connectivity index (χ0v) is 6.06. The molecule has 0 fully saturated rings. The van der Waals surface area contributed by atoms with Gasteiger partial charge in [0.05, 0.1) is 0 Å². The molecule has 5 heteroatoms. The summed E-state index contributed by atoms with van der Waals surface area (Å²) in [4.78, 5) is 8.00. The van der Waals surface area contributed by atoms with Crippen LogP contribution in [0.2, 0.25) is 0 Å². The maximum Gasteiger partial charge on any atom is 0.204 e. The van der Waals surface area contributed by atoms with Gasteiger partial charge in [0.1, 0.15) is 6.79 Å². The summed E-state index contributed by atoms with van der Waals surface area (Å²) < 4.78 is 0. The lowest BCUT2D eigenvalue weighted by Crippen LogP contribution is -1.71. The Morgan fingerprint density at radius 2 is 1.08 bits per heavy atom. The molecule has 0 heterocycles. The standard InChI is InChI=1S/C6H6O4.CH2O/c7-3-1-2-4(8)6(10)5(3)9;1-2/h1-2,7-10H;1H2. The van der Waals surface area contributed by atoms with Crippen molar-refractivity contribution in [3.05, 3.63) is 12.1 Å². The van der Waals surface area contributed by atoms with E-state index in [4.69, 9.17) is 25.2 Å². The van der Waals surface area contributed by atoms with Crippen LogP contribution in [0.15, 0.2) is 12.1 Å². The molecule has 0 radical (unpaired) electrons. The van der Waals surface area contributed by atoms with Gasteiger partial charge in [-0.1, -0.05) is 0 Å². The van der Waals surface area contributed by atoms with Gasteiger partial charge >= 0.3 is 0 Å². The number of hydrogen-bond donors (Lipinski definition) is 4. The van der Waals surface area contributed by atoms with Crippen molar-refractivity contribution < 1.29 is 25.2 Å². The SMILES string of the molecule is C=O.Oc1ccc(O)c(O)c1O.